The van der Waals surface area contributed by atoms with Crippen LogP contribution in [0, 0.1) is 11.8 Å². The Morgan fingerprint density at radius 2 is 1.56 bits per heavy atom. The lowest BCUT2D eigenvalue weighted by molar-refractivity contribution is -0.155. The zero-order chi connectivity index (χ0) is 13.1. The highest BCUT2D eigenvalue weighted by Gasteiger charge is 2.39. The average Bonchev–Trinajstić information content (AvgIpc) is 2.39. The Labute approximate surface area is 105 Å². The first-order valence-electron chi connectivity index (χ1n) is 6.10. The van der Waals surface area contributed by atoms with Crippen LogP contribution >= 0.6 is 0 Å². The highest BCUT2D eigenvalue weighted by Crippen LogP contribution is 2.39. The SMILES string of the molecule is O=C(O)[C@H]1CC[C@H](c2ccccc2)C[C@@H]1C(=O)O. The van der Waals surface area contributed by atoms with Gasteiger partial charge in [-0.05, 0) is 30.7 Å². The number of carboxylic acids is 2. The molecule has 2 rings (SSSR count). The highest BCUT2D eigenvalue weighted by atomic mass is 16.4. The van der Waals surface area contributed by atoms with Crippen molar-refractivity contribution in [1.82, 2.24) is 0 Å². The molecule has 1 fully saturated rings. The van der Waals surface area contributed by atoms with E-state index in [2.05, 4.69) is 0 Å². The van der Waals surface area contributed by atoms with Crippen LogP contribution in [0.2, 0.25) is 0 Å². The summed E-state index contributed by atoms with van der Waals surface area (Å²) in [4.78, 5) is 22.2. The van der Waals surface area contributed by atoms with Gasteiger partial charge in [-0.15, -0.1) is 0 Å². The third-order valence-electron chi connectivity index (χ3n) is 3.76. The molecule has 4 nitrogen and oxygen atoms in total. The van der Waals surface area contributed by atoms with E-state index in [0.29, 0.717) is 12.8 Å². The highest BCUT2D eigenvalue weighted by molar-refractivity contribution is 5.80. The molecule has 1 aliphatic rings. The second kappa shape index (κ2) is 5.21. The molecular formula is C14H16O4. The van der Waals surface area contributed by atoms with Gasteiger partial charge in [-0.1, -0.05) is 30.3 Å². The van der Waals surface area contributed by atoms with Gasteiger partial charge in [-0.2, -0.15) is 0 Å². The van der Waals surface area contributed by atoms with Crippen LogP contribution in [0.3, 0.4) is 0 Å². The molecule has 4 heteroatoms. The smallest absolute Gasteiger partial charge is 0.307 e. The quantitative estimate of drug-likeness (QED) is 0.861. The number of benzene rings is 1. The van der Waals surface area contributed by atoms with Crippen molar-refractivity contribution in [3.63, 3.8) is 0 Å². The van der Waals surface area contributed by atoms with Gasteiger partial charge in [0.25, 0.3) is 0 Å². The van der Waals surface area contributed by atoms with Crippen molar-refractivity contribution in [1.29, 1.82) is 0 Å². The Hall–Kier alpha value is -1.84. The molecule has 1 aromatic rings. The van der Waals surface area contributed by atoms with Crippen molar-refractivity contribution in [3.8, 4) is 0 Å². The Morgan fingerprint density at radius 3 is 2.11 bits per heavy atom. The minimum absolute atomic E-state index is 0.155. The molecule has 1 saturated carbocycles. The number of rotatable bonds is 3. The van der Waals surface area contributed by atoms with Gasteiger partial charge in [0.1, 0.15) is 0 Å². The zero-order valence-electron chi connectivity index (χ0n) is 9.95. The predicted octanol–water partition coefficient (Wildman–Crippen LogP) is 2.36. The van der Waals surface area contributed by atoms with Gasteiger partial charge in [0.05, 0.1) is 11.8 Å². The summed E-state index contributed by atoms with van der Waals surface area (Å²) in [5.41, 5.74) is 1.10. The normalized spacial score (nSPS) is 27.7. The topological polar surface area (TPSA) is 74.6 Å². The number of hydrogen-bond donors (Lipinski definition) is 2. The molecule has 0 bridgehead atoms. The van der Waals surface area contributed by atoms with E-state index in [1.165, 1.54) is 0 Å². The maximum Gasteiger partial charge on any atom is 0.307 e. The van der Waals surface area contributed by atoms with E-state index >= 15 is 0 Å². The van der Waals surface area contributed by atoms with Crippen LogP contribution in [-0.2, 0) is 9.59 Å². The fraction of sp³-hybridized carbons (Fsp3) is 0.429. The molecule has 0 amide bonds. The molecule has 0 saturated heterocycles. The summed E-state index contributed by atoms with van der Waals surface area (Å²) in [5.74, 6) is -3.36. The Morgan fingerprint density at radius 1 is 0.944 bits per heavy atom. The van der Waals surface area contributed by atoms with E-state index in [4.69, 9.17) is 10.2 Å². The van der Waals surface area contributed by atoms with E-state index in [-0.39, 0.29) is 5.92 Å². The lowest BCUT2D eigenvalue weighted by atomic mass is 9.72. The van der Waals surface area contributed by atoms with Crippen LogP contribution in [0.1, 0.15) is 30.7 Å². The van der Waals surface area contributed by atoms with Gasteiger partial charge in [0, 0.05) is 0 Å². The van der Waals surface area contributed by atoms with E-state index < -0.39 is 23.8 Å². The Kier molecular flexibility index (Phi) is 3.65. The minimum atomic E-state index is -0.997. The van der Waals surface area contributed by atoms with Crippen molar-refractivity contribution in [3.05, 3.63) is 35.9 Å². The van der Waals surface area contributed by atoms with Crippen LogP contribution in [0.25, 0.3) is 0 Å². The maximum atomic E-state index is 11.2. The molecule has 96 valence electrons. The van der Waals surface area contributed by atoms with E-state index in [9.17, 15) is 9.59 Å². The van der Waals surface area contributed by atoms with Gasteiger partial charge in [-0.25, -0.2) is 0 Å². The second-order valence-corrected chi connectivity index (χ2v) is 4.81. The summed E-state index contributed by atoms with van der Waals surface area (Å²) >= 11 is 0. The summed E-state index contributed by atoms with van der Waals surface area (Å²) in [5, 5.41) is 18.2. The van der Waals surface area contributed by atoms with Crippen LogP contribution < -0.4 is 0 Å². The Bertz CT molecular complexity index is 440. The van der Waals surface area contributed by atoms with Crippen molar-refractivity contribution >= 4 is 11.9 Å². The minimum Gasteiger partial charge on any atom is -0.481 e. The molecule has 18 heavy (non-hydrogen) atoms. The number of carboxylic acid groups (broad SMARTS) is 2. The van der Waals surface area contributed by atoms with Gasteiger partial charge in [-0.3, -0.25) is 9.59 Å². The van der Waals surface area contributed by atoms with Crippen LogP contribution in [0.15, 0.2) is 30.3 Å². The van der Waals surface area contributed by atoms with Gasteiger partial charge in [0.2, 0.25) is 0 Å². The predicted molar refractivity (Wildman–Crippen MR) is 65.3 cm³/mol. The average molecular weight is 248 g/mol. The van der Waals surface area contributed by atoms with E-state index in [1.807, 2.05) is 30.3 Å². The molecule has 1 aliphatic carbocycles. The summed E-state index contributed by atoms with van der Waals surface area (Å²) < 4.78 is 0. The fourth-order valence-electron chi connectivity index (χ4n) is 2.77. The lowest BCUT2D eigenvalue weighted by Crippen LogP contribution is -2.35. The molecule has 0 unspecified atom stereocenters. The first-order valence-corrected chi connectivity index (χ1v) is 6.10. The van der Waals surface area contributed by atoms with E-state index in [0.717, 1.165) is 12.0 Å². The molecule has 1 aromatic carbocycles. The second-order valence-electron chi connectivity index (χ2n) is 4.81. The molecular weight excluding hydrogens is 232 g/mol. The molecule has 0 aromatic heterocycles. The third-order valence-corrected chi connectivity index (χ3v) is 3.76. The van der Waals surface area contributed by atoms with Gasteiger partial charge in [0.15, 0.2) is 0 Å². The first kappa shape index (κ1) is 12.6. The van der Waals surface area contributed by atoms with Crippen LogP contribution in [-0.4, -0.2) is 22.2 Å². The van der Waals surface area contributed by atoms with Crippen molar-refractivity contribution in [2.45, 2.75) is 25.2 Å². The van der Waals surface area contributed by atoms with Crippen molar-refractivity contribution < 1.29 is 19.8 Å². The summed E-state index contributed by atoms with van der Waals surface area (Å²) in [6.45, 7) is 0. The standard InChI is InChI=1S/C14H16O4/c15-13(16)11-7-6-10(8-12(11)14(17)18)9-4-2-1-3-5-9/h1-5,10-12H,6-8H2,(H,15,16)(H,17,18)/t10-,11-,12-/m0/s1. The molecule has 0 aliphatic heterocycles. The fourth-order valence-corrected chi connectivity index (χ4v) is 2.77. The van der Waals surface area contributed by atoms with E-state index in [1.54, 1.807) is 0 Å². The molecule has 3 atom stereocenters. The van der Waals surface area contributed by atoms with Gasteiger partial charge >= 0.3 is 11.9 Å². The summed E-state index contributed by atoms with van der Waals surface area (Å²) in [6, 6.07) is 9.72. The Balaban J connectivity index is 2.16. The largest absolute Gasteiger partial charge is 0.481 e. The lowest BCUT2D eigenvalue weighted by Gasteiger charge is -2.31. The van der Waals surface area contributed by atoms with Crippen LogP contribution in [0.5, 0.6) is 0 Å². The number of hydrogen-bond acceptors (Lipinski definition) is 2. The van der Waals surface area contributed by atoms with Crippen molar-refractivity contribution in [2.75, 3.05) is 0 Å². The monoisotopic (exact) mass is 248 g/mol. The molecule has 0 radical (unpaired) electrons. The van der Waals surface area contributed by atoms with Crippen LogP contribution in [0.4, 0.5) is 0 Å². The number of aliphatic carboxylic acids is 2. The third kappa shape index (κ3) is 2.53. The zero-order valence-corrected chi connectivity index (χ0v) is 9.95. The maximum absolute atomic E-state index is 11.2. The first-order chi connectivity index (χ1) is 8.59. The van der Waals surface area contributed by atoms with Gasteiger partial charge < -0.3 is 10.2 Å². The summed E-state index contributed by atoms with van der Waals surface area (Å²) in [6.07, 6.45) is 1.59. The number of carbonyl (C=O) groups is 2. The molecule has 2 N–H and O–H groups in total. The molecule has 0 heterocycles. The molecule has 0 spiro atoms. The van der Waals surface area contributed by atoms with Crippen molar-refractivity contribution in [2.24, 2.45) is 11.8 Å². The summed E-state index contributed by atoms with van der Waals surface area (Å²) in [7, 11) is 0.